The highest BCUT2D eigenvalue weighted by Gasteiger charge is 2.30. The molecule has 5 N–H and O–H groups in total. The first-order valence-corrected chi connectivity index (χ1v) is 6.23. The molecular formula is C13H17NO6. The minimum absolute atomic E-state index is 0.0748. The van der Waals surface area contributed by atoms with E-state index in [1.807, 2.05) is 0 Å². The van der Waals surface area contributed by atoms with Crippen LogP contribution in [0.5, 0.6) is 5.75 Å². The van der Waals surface area contributed by atoms with Crippen LogP contribution in [0.3, 0.4) is 0 Å². The van der Waals surface area contributed by atoms with E-state index in [1.54, 1.807) is 0 Å². The van der Waals surface area contributed by atoms with Crippen molar-refractivity contribution in [1.29, 1.82) is 0 Å². The highest BCUT2D eigenvalue weighted by Crippen LogP contribution is 2.27. The molecule has 0 spiro atoms. The molecule has 0 radical (unpaired) electrons. The van der Waals surface area contributed by atoms with E-state index >= 15 is 0 Å². The molecule has 1 fully saturated rings. The maximum absolute atomic E-state index is 11.1. The van der Waals surface area contributed by atoms with Gasteiger partial charge in [0, 0.05) is 18.5 Å². The van der Waals surface area contributed by atoms with Crippen molar-refractivity contribution in [2.75, 3.05) is 12.3 Å². The molecule has 1 saturated heterocycles. The molecule has 20 heavy (non-hydrogen) atoms. The smallest absolute Gasteiger partial charge is 0.339 e. The van der Waals surface area contributed by atoms with Gasteiger partial charge in [0.15, 0.2) is 0 Å². The normalized spacial score (nSPS) is 26.2. The maximum Gasteiger partial charge on any atom is 0.339 e. The molecule has 3 atom stereocenters. The van der Waals surface area contributed by atoms with Crippen molar-refractivity contribution in [3.8, 4) is 5.75 Å². The number of nitrogens with two attached hydrogens (primary N) is 1. The fourth-order valence-corrected chi connectivity index (χ4v) is 2.10. The van der Waals surface area contributed by atoms with Crippen LogP contribution in [0.4, 0.5) is 5.69 Å². The summed E-state index contributed by atoms with van der Waals surface area (Å²) in [6, 6.07) is 4.25. The zero-order valence-corrected chi connectivity index (χ0v) is 10.7. The molecule has 1 heterocycles. The number of benzene rings is 1. The number of aliphatic hydroxyl groups is 2. The van der Waals surface area contributed by atoms with E-state index in [2.05, 4.69) is 0 Å². The topological polar surface area (TPSA) is 122 Å². The number of carboxylic acid groups (broad SMARTS) is 1. The van der Waals surface area contributed by atoms with E-state index < -0.39 is 24.5 Å². The first-order valence-electron chi connectivity index (χ1n) is 6.23. The molecule has 2 rings (SSSR count). The van der Waals surface area contributed by atoms with Crippen LogP contribution in [-0.2, 0) is 4.74 Å². The first-order chi connectivity index (χ1) is 9.49. The van der Waals surface area contributed by atoms with Gasteiger partial charge in [0.2, 0.25) is 6.29 Å². The fourth-order valence-electron chi connectivity index (χ4n) is 2.10. The lowest BCUT2D eigenvalue weighted by Crippen LogP contribution is -2.40. The van der Waals surface area contributed by atoms with Crippen LogP contribution in [0, 0.1) is 0 Å². The van der Waals surface area contributed by atoms with Gasteiger partial charge < -0.3 is 30.5 Å². The van der Waals surface area contributed by atoms with Gasteiger partial charge in [-0.25, -0.2) is 4.79 Å². The Morgan fingerprint density at radius 3 is 2.85 bits per heavy atom. The zero-order valence-electron chi connectivity index (χ0n) is 10.7. The average Bonchev–Trinajstić information content (AvgIpc) is 2.40. The molecule has 110 valence electrons. The molecule has 7 nitrogen and oxygen atoms in total. The molecule has 1 aromatic rings. The second-order valence-corrected chi connectivity index (χ2v) is 4.67. The molecule has 3 unspecified atom stereocenters. The summed E-state index contributed by atoms with van der Waals surface area (Å²) >= 11 is 0. The van der Waals surface area contributed by atoms with Crippen molar-refractivity contribution in [3.05, 3.63) is 23.8 Å². The zero-order chi connectivity index (χ0) is 14.7. The number of rotatable bonds is 4. The predicted octanol–water partition coefficient (Wildman–Crippen LogP) is 0.204. The number of nitrogen functional groups attached to an aromatic ring is 1. The maximum atomic E-state index is 11.1. The third-order valence-electron chi connectivity index (χ3n) is 3.04. The largest absolute Gasteiger partial charge is 0.478 e. The van der Waals surface area contributed by atoms with E-state index in [4.69, 9.17) is 25.4 Å². The first kappa shape index (κ1) is 14.6. The van der Waals surface area contributed by atoms with Crippen molar-refractivity contribution >= 4 is 11.7 Å². The van der Waals surface area contributed by atoms with Gasteiger partial charge in [-0.2, -0.15) is 0 Å². The summed E-state index contributed by atoms with van der Waals surface area (Å²) in [5.74, 6) is -1.05. The van der Waals surface area contributed by atoms with Crippen molar-refractivity contribution in [2.45, 2.75) is 31.3 Å². The summed E-state index contributed by atoms with van der Waals surface area (Å²) in [5, 5.41) is 27.8. The number of carbonyl (C=O) groups is 1. The molecule has 0 aromatic heterocycles. The Hall–Kier alpha value is -1.83. The van der Waals surface area contributed by atoms with Gasteiger partial charge in [0.25, 0.3) is 0 Å². The Bertz CT molecular complexity index is 492. The number of hydrogen-bond donors (Lipinski definition) is 4. The minimum Gasteiger partial charge on any atom is -0.478 e. The molecule has 0 amide bonds. The van der Waals surface area contributed by atoms with Crippen molar-refractivity contribution in [3.63, 3.8) is 0 Å². The molecule has 0 saturated carbocycles. The Labute approximate surface area is 115 Å². The summed E-state index contributed by atoms with van der Waals surface area (Å²) in [6.45, 7) is -0.232. The minimum atomic E-state index is -1.16. The summed E-state index contributed by atoms with van der Waals surface area (Å²) in [7, 11) is 0. The van der Waals surface area contributed by atoms with Crippen molar-refractivity contribution < 1.29 is 29.6 Å². The molecule has 1 aromatic carbocycles. The Kier molecular flexibility index (Phi) is 4.43. The molecular weight excluding hydrogens is 266 g/mol. The summed E-state index contributed by atoms with van der Waals surface area (Å²) in [4.78, 5) is 11.1. The molecule has 0 aliphatic carbocycles. The number of ether oxygens (including phenoxy) is 2. The quantitative estimate of drug-likeness (QED) is 0.582. The van der Waals surface area contributed by atoms with Crippen LogP contribution in [0.2, 0.25) is 0 Å². The predicted molar refractivity (Wildman–Crippen MR) is 69.4 cm³/mol. The van der Waals surface area contributed by atoms with Gasteiger partial charge in [-0.15, -0.1) is 0 Å². The lowest BCUT2D eigenvalue weighted by molar-refractivity contribution is -0.184. The molecule has 7 heteroatoms. The molecule has 1 aliphatic rings. The number of aromatic carboxylic acids is 1. The average molecular weight is 283 g/mol. The SMILES string of the molecule is Nc1ccc(OC2CC(O)CC(CO)O2)c(C(=O)O)c1. The van der Waals surface area contributed by atoms with Crippen LogP contribution >= 0.6 is 0 Å². The molecule has 1 aliphatic heterocycles. The van der Waals surface area contributed by atoms with Gasteiger partial charge >= 0.3 is 5.97 Å². The third-order valence-corrected chi connectivity index (χ3v) is 3.04. The monoisotopic (exact) mass is 283 g/mol. The van der Waals surface area contributed by atoms with Crippen LogP contribution < -0.4 is 10.5 Å². The standard InChI is InChI=1S/C13H17NO6/c14-7-1-2-11(10(3-7)13(17)18)20-12-5-8(16)4-9(6-15)19-12/h1-3,8-9,12,15-16H,4-6,14H2,(H,17,18). The van der Waals surface area contributed by atoms with Gasteiger partial charge in [-0.3, -0.25) is 0 Å². The summed E-state index contributed by atoms with van der Waals surface area (Å²) < 4.78 is 10.9. The number of carboxylic acids is 1. The van der Waals surface area contributed by atoms with Crippen LogP contribution in [0.15, 0.2) is 18.2 Å². The lowest BCUT2D eigenvalue weighted by Gasteiger charge is -2.32. The van der Waals surface area contributed by atoms with E-state index in [1.165, 1.54) is 18.2 Å². The number of aliphatic hydroxyl groups excluding tert-OH is 2. The molecule has 0 bridgehead atoms. The Balaban J connectivity index is 2.15. The van der Waals surface area contributed by atoms with E-state index in [-0.39, 0.29) is 24.3 Å². The Morgan fingerprint density at radius 1 is 1.45 bits per heavy atom. The van der Waals surface area contributed by atoms with E-state index in [0.29, 0.717) is 12.1 Å². The van der Waals surface area contributed by atoms with E-state index in [0.717, 1.165) is 0 Å². The number of anilines is 1. The Morgan fingerprint density at radius 2 is 2.20 bits per heavy atom. The van der Waals surface area contributed by atoms with Crippen LogP contribution in [0.1, 0.15) is 23.2 Å². The lowest BCUT2D eigenvalue weighted by atomic mass is 10.1. The number of hydrogen-bond acceptors (Lipinski definition) is 6. The fraction of sp³-hybridized carbons (Fsp3) is 0.462. The second kappa shape index (κ2) is 6.08. The third kappa shape index (κ3) is 3.38. The van der Waals surface area contributed by atoms with Crippen molar-refractivity contribution in [2.24, 2.45) is 0 Å². The summed E-state index contributed by atoms with van der Waals surface area (Å²) in [5.41, 5.74) is 5.78. The second-order valence-electron chi connectivity index (χ2n) is 4.67. The van der Waals surface area contributed by atoms with Gasteiger partial charge in [-0.1, -0.05) is 0 Å². The van der Waals surface area contributed by atoms with Crippen LogP contribution in [-0.4, -0.2) is 46.4 Å². The van der Waals surface area contributed by atoms with Crippen molar-refractivity contribution in [1.82, 2.24) is 0 Å². The van der Waals surface area contributed by atoms with Gasteiger partial charge in [-0.05, 0) is 18.2 Å². The van der Waals surface area contributed by atoms with E-state index in [9.17, 15) is 9.90 Å². The van der Waals surface area contributed by atoms with Gasteiger partial charge in [0.05, 0.1) is 18.8 Å². The van der Waals surface area contributed by atoms with Gasteiger partial charge in [0.1, 0.15) is 11.3 Å². The highest BCUT2D eigenvalue weighted by molar-refractivity contribution is 5.92. The van der Waals surface area contributed by atoms with Crippen LogP contribution in [0.25, 0.3) is 0 Å². The summed E-state index contributed by atoms with van der Waals surface area (Å²) in [6.07, 6.45) is -1.46. The highest BCUT2D eigenvalue weighted by atomic mass is 16.7.